The van der Waals surface area contributed by atoms with E-state index < -0.39 is 0 Å². The Morgan fingerprint density at radius 2 is 2.19 bits per heavy atom. The number of hydrogen-bond donors (Lipinski definition) is 2. The molecule has 4 N–H and O–H groups in total. The van der Waals surface area contributed by atoms with Crippen molar-refractivity contribution in [2.24, 2.45) is 11.1 Å². The van der Waals surface area contributed by atoms with Gasteiger partial charge in [-0.1, -0.05) is 6.07 Å². The summed E-state index contributed by atoms with van der Waals surface area (Å²) in [5, 5.41) is 0. The van der Waals surface area contributed by atoms with E-state index >= 15 is 0 Å². The molecule has 1 aliphatic rings. The van der Waals surface area contributed by atoms with Gasteiger partial charge in [0.05, 0.1) is 13.2 Å². The molecule has 1 aromatic carbocycles. The first kappa shape index (κ1) is 11.8. The van der Waals surface area contributed by atoms with Gasteiger partial charge in [-0.3, -0.25) is 0 Å². The lowest BCUT2D eigenvalue weighted by molar-refractivity contribution is -0.106. The molecule has 1 saturated heterocycles. The van der Waals surface area contributed by atoms with Crippen LogP contribution in [0, 0.1) is 5.41 Å². The summed E-state index contributed by atoms with van der Waals surface area (Å²) in [6.07, 6.45) is 3.03. The van der Waals surface area contributed by atoms with Crippen LogP contribution in [0.15, 0.2) is 23.1 Å². The highest BCUT2D eigenvalue weighted by Crippen LogP contribution is 2.32. The summed E-state index contributed by atoms with van der Waals surface area (Å²) in [5.74, 6) is 0. The average molecular weight is 238 g/mol. The van der Waals surface area contributed by atoms with Gasteiger partial charge < -0.3 is 16.2 Å². The minimum atomic E-state index is 0.159. The Morgan fingerprint density at radius 3 is 2.69 bits per heavy atom. The summed E-state index contributed by atoms with van der Waals surface area (Å²) in [5.41, 5.74) is 14.0. The minimum absolute atomic E-state index is 0.159. The standard InChI is InChI=1S/C12H18N2OS/c1-16-11-4-9(2-3-10(11)14)5-12(6-13)7-15-8-12/h2-4H,5-8,13-14H2,1H3. The number of nitrogens with two attached hydrogens (primary N) is 2. The predicted octanol–water partition coefficient (Wildman–Crippen LogP) is 1.51. The van der Waals surface area contributed by atoms with Crippen LogP contribution < -0.4 is 11.5 Å². The van der Waals surface area contributed by atoms with Crippen molar-refractivity contribution in [2.75, 3.05) is 31.7 Å². The molecule has 0 aliphatic carbocycles. The third kappa shape index (κ3) is 2.19. The van der Waals surface area contributed by atoms with Crippen molar-refractivity contribution in [3.05, 3.63) is 23.8 Å². The van der Waals surface area contributed by atoms with Crippen LogP contribution in [-0.4, -0.2) is 26.0 Å². The molecule has 2 rings (SSSR count). The molecule has 0 radical (unpaired) electrons. The van der Waals surface area contributed by atoms with E-state index in [1.54, 1.807) is 11.8 Å². The molecule has 0 saturated carbocycles. The van der Waals surface area contributed by atoms with Gasteiger partial charge in [0, 0.05) is 22.5 Å². The first-order chi connectivity index (χ1) is 7.69. The number of anilines is 1. The topological polar surface area (TPSA) is 61.3 Å². The van der Waals surface area contributed by atoms with Gasteiger partial charge in [-0.25, -0.2) is 0 Å². The Morgan fingerprint density at radius 1 is 1.44 bits per heavy atom. The van der Waals surface area contributed by atoms with Crippen LogP contribution in [-0.2, 0) is 11.2 Å². The van der Waals surface area contributed by atoms with Gasteiger partial charge in [0.25, 0.3) is 0 Å². The third-order valence-electron chi connectivity index (χ3n) is 3.13. The maximum Gasteiger partial charge on any atom is 0.0560 e. The summed E-state index contributed by atoms with van der Waals surface area (Å²) in [4.78, 5) is 1.14. The van der Waals surface area contributed by atoms with Crippen LogP contribution in [0.25, 0.3) is 0 Å². The maximum atomic E-state index is 5.87. The quantitative estimate of drug-likeness (QED) is 0.616. The molecule has 88 valence electrons. The van der Waals surface area contributed by atoms with Gasteiger partial charge in [-0.2, -0.15) is 0 Å². The highest BCUT2D eigenvalue weighted by atomic mass is 32.2. The van der Waals surface area contributed by atoms with E-state index in [-0.39, 0.29) is 5.41 Å². The van der Waals surface area contributed by atoms with Crippen LogP contribution >= 0.6 is 11.8 Å². The summed E-state index contributed by atoms with van der Waals surface area (Å²) < 4.78 is 5.27. The molecule has 0 atom stereocenters. The van der Waals surface area contributed by atoms with E-state index in [1.165, 1.54) is 5.56 Å². The lowest BCUT2D eigenvalue weighted by Crippen LogP contribution is -2.49. The second kappa shape index (κ2) is 4.65. The molecule has 0 amide bonds. The second-order valence-electron chi connectivity index (χ2n) is 4.45. The van der Waals surface area contributed by atoms with E-state index in [4.69, 9.17) is 16.2 Å². The number of ether oxygens (including phenoxy) is 1. The number of benzene rings is 1. The zero-order valence-electron chi connectivity index (χ0n) is 9.53. The monoisotopic (exact) mass is 238 g/mol. The predicted molar refractivity (Wildman–Crippen MR) is 68.6 cm³/mol. The van der Waals surface area contributed by atoms with Crippen molar-refractivity contribution in [3.63, 3.8) is 0 Å². The number of thioether (sulfide) groups is 1. The Bertz CT molecular complexity index is 372. The smallest absolute Gasteiger partial charge is 0.0560 e. The Balaban J connectivity index is 2.15. The van der Waals surface area contributed by atoms with Crippen molar-refractivity contribution < 1.29 is 4.74 Å². The molecule has 1 aliphatic heterocycles. The van der Waals surface area contributed by atoms with Crippen molar-refractivity contribution >= 4 is 17.4 Å². The zero-order chi connectivity index (χ0) is 11.6. The Kier molecular flexibility index (Phi) is 3.42. The van der Waals surface area contributed by atoms with Gasteiger partial charge in [0.2, 0.25) is 0 Å². The molecule has 1 heterocycles. The lowest BCUT2D eigenvalue weighted by Gasteiger charge is -2.40. The average Bonchev–Trinajstić information content (AvgIpc) is 2.25. The van der Waals surface area contributed by atoms with Crippen LogP contribution in [0.4, 0.5) is 5.69 Å². The third-order valence-corrected chi connectivity index (χ3v) is 3.92. The molecule has 3 nitrogen and oxygen atoms in total. The van der Waals surface area contributed by atoms with E-state index in [0.717, 1.165) is 30.2 Å². The van der Waals surface area contributed by atoms with Crippen LogP contribution in [0.2, 0.25) is 0 Å². The molecule has 0 bridgehead atoms. The Labute approximate surface area is 101 Å². The van der Waals surface area contributed by atoms with Crippen LogP contribution in [0.5, 0.6) is 0 Å². The van der Waals surface area contributed by atoms with Crippen molar-refractivity contribution in [2.45, 2.75) is 11.3 Å². The number of hydrogen-bond acceptors (Lipinski definition) is 4. The van der Waals surface area contributed by atoms with E-state index in [2.05, 4.69) is 12.1 Å². The maximum absolute atomic E-state index is 5.87. The summed E-state index contributed by atoms with van der Waals surface area (Å²) >= 11 is 1.68. The molecule has 1 aromatic rings. The summed E-state index contributed by atoms with van der Waals surface area (Å²) in [6.45, 7) is 2.25. The zero-order valence-corrected chi connectivity index (χ0v) is 10.3. The van der Waals surface area contributed by atoms with Crippen LogP contribution in [0.1, 0.15) is 5.56 Å². The van der Waals surface area contributed by atoms with Gasteiger partial charge >= 0.3 is 0 Å². The fourth-order valence-electron chi connectivity index (χ4n) is 1.98. The molecule has 1 fully saturated rings. The highest BCUT2D eigenvalue weighted by molar-refractivity contribution is 7.98. The van der Waals surface area contributed by atoms with Crippen molar-refractivity contribution in [3.8, 4) is 0 Å². The molecule has 0 aromatic heterocycles. The second-order valence-corrected chi connectivity index (χ2v) is 5.30. The lowest BCUT2D eigenvalue weighted by atomic mass is 9.80. The molecule has 4 heteroatoms. The highest BCUT2D eigenvalue weighted by Gasteiger charge is 2.37. The molecule has 0 spiro atoms. The normalized spacial score (nSPS) is 18.1. The van der Waals surface area contributed by atoms with Gasteiger partial charge in [-0.05, 0) is 30.4 Å². The van der Waals surface area contributed by atoms with Gasteiger partial charge in [0.1, 0.15) is 0 Å². The molecule has 16 heavy (non-hydrogen) atoms. The fourth-order valence-corrected chi connectivity index (χ4v) is 2.55. The van der Waals surface area contributed by atoms with E-state index in [1.807, 2.05) is 12.3 Å². The SMILES string of the molecule is CSc1cc(CC2(CN)COC2)ccc1N. The Hall–Kier alpha value is -0.710. The van der Waals surface area contributed by atoms with Gasteiger partial charge in [-0.15, -0.1) is 11.8 Å². The molecular formula is C12H18N2OS. The van der Waals surface area contributed by atoms with E-state index in [0.29, 0.717) is 6.54 Å². The number of rotatable bonds is 4. The van der Waals surface area contributed by atoms with Crippen LogP contribution in [0.3, 0.4) is 0 Å². The van der Waals surface area contributed by atoms with Gasteiger partial charge in [0.15, 0.2) is 0 Å². The van der Waals surface area contributed by atoms with E-state index in [9.17, 15) is 0 Å². The largest absolute Gasteiger partial charge is 0.398 e. The fraction of sp³-hybridized carbons (Fsp3) is 0.500. The minimum Gasteiger partial charge on any atom is -0.398 e. The molecular weight excluding hydrogens is 220 g/mol. The van der Waals surface area contributed by atoms with Crippen molar-refractivity contribution in [1.29, 1.82) is 0 Å². The molecule has 0 unspecified atom stereocenters. The van der Waals surface area contributed by atoms with Crippen molar-refractivity contribution in [1.82, 2.24) is 0 Å². The summed E-state index contributed by atoms with van der Waals surface area (Å²) in [7, 11) is 0. The number of nitrogen functional groups attached to an aromatic ring is 1. The first-order valence-corrected chi connectivity index (χ1v) is 6.62. The summed E-state index contributed by atoms with van der Waals surface area (Å²) in [6, 6.07) is 6.23. The first-order valence-electron chi connectivity index (χ1n) is 5.39.